The van der Waals surface area contributed by atoms with E-state index in [0.29, 0.717) is 53.2 Å². The number of nitrogens with zero attached hydrogens (tertiary/aromatic N) is 7. The van der Waals surface area contributed by atoms with E-state index in [1.807, 2.05) is 36.4 Å². The summed E-state index contributed by atoms with van der Waals surface area (Å²) in [6.45, 7) is 13.1. The lowest BCUT2D eigenvalue weighted by Crippen LogP contribution is -2.57. The van der Waals surface area contributed by atoms with Crippen molar-refractivity contribution in [3.63, 3.8) is 0 Å². The highest BCUT2D eigenvalue weighted by Gasteiger charge is 2.55. The number of benzene rings is 4. The van der Waals surface area contributed by atoms with Crippen molar-refractivity contribution < 1.29 is 9.13 Å². The number of likely N-dealkylation sites (N-methyl/N-ethyl adjacent to an activating group) is 2. The number of anilines is 1. The van der Waals surface area contributed by atoms with Crippen molar-refractivity contribution in [2.24, 2.45) is 29.6 Å². The molecule has 11 rings (SSSR count). The zero-order chi connectivity index (χ0) is 48.7. The molecule has 5 aliphatic heterocycles. The average Bonchev–Trinajstić information content (AvgIpc) is 4.11. The fourth-order valence-electron chi connectivity index (χ4n) is 16.1. The van der Waals surface area contributed by atoms with Crippen molar-refractivity contribution in [2.75, 3.05) is 91.0 Å². The first-order chi connectivity index (χ1) is 34.6. The molecule has 5 heterocycles. The number of fused-ring (bicyclic) bond motifs is 2. The lowest BCUT2D eigenvalue weighted by Gasteiger charge is -2.54. The Labute approximate surface area is 428 Å². The molecule has 4 unspecified atom stereocenters. The van der Waals surface area contributed by atoms with Gasteiger partial charge in [-0.3, -0.25) is 0 Å². The van der Waals surface area contributed by atoms with E-state index in [1.54, 1.807) is 0 Å². The normalized spacial score (nSPS) is 27.5. The van der Waals surface area contributed by atoms with E-state index in [1.165, 1.54) is 53.6 Å². The van der Waals surface area contributed by atoms with E-state index in [4.69, 9.17) is 21.6 Å². The molecule has 2 aliphatic carbocycles. The highest BCUT2D eigenvalue weighted by atomic mass is 35.5. The fourth-order valence-corrected chi connectivity index (χ4v) is 16.5. The van der Waals surface area contributed by atoms with Gasteiger partial charge in [-0.2, -0.15) is 10.5 Å². The summed E-state index contributed by atoms with van der Waals surface area (Å²) in [5.74, 6) is 3.91. The van der Waals surface area contributed by atoms with Gasteiger partial charge in [0.2, 0.25) is 0 Å². The van der Waals surface area contributed by atoms with Crippen LogP contribution in [0.4, 0.5) is 10.1 Å². The molecule has 8 nitrogen and oxygen atoms in total. The van der Waals surface area contributed by atoms with Crippen LogP contribution in [0.1, 0.15) is 122 Å². The van der Waals surface area contributed by atoms with E-state index in [0.717, 1.165) is 146 Å². The Hall–Kier alpha value is -4.48. The minimum Gasteiger partial charge on any atom is -0.494 e. The fraction of sp³-hybridized carbons (Fsp3) is 0.574. The van der Waals surface area contributed by atoms with Crippen LogP contribution in [0.2, 0.25) is 5.02 Å². The molecule has 10 heteroatoms. The summed E-state index contributed by atoms with van der Waals surface area (Å²) in [6.07, 6.45) is 13.9. The number of rotatable bonds is 13. The van der Waals surface area contributed by atoms with Crippen molar-refractivity contribution in [3.05, 3.63) is 129 Å². The summed E-state index contributed by atoms with van der Waals surface area (Å²) in [7, 11) is 4.63. The summed E-state index contributed by atoms with van der Waals surface area (Å²) in [6, 6.07) is 31.1. The first-order valence-corrected chi connectivity index (χ1v) is 27.8. The minimum atomic E-state index is -0.140. The van der Waals surface area contributed by atoms with Crippen LogP contribution in [0, 0.1) is 58.1 Å². The quantitative estimate of drug-likeness (QED) is 0.123. The second kappa shape index (κ2) is 20.8. The van der Waals surface area contributed by atoms with Gasteiger partial charge in [0.05, 0.1) is 29.9 Å². The van der Waals surface area contributed by atoms with Crippen LogP contribution in [0.3, 0.4) is 0 Å². The van der Waals surface area contributed by atoms with Crippen LogP contribution in [-0.4, -0.2) is 106 Å². The molecule has 0 N–H and O–H groups in total. The molecular formula is C61H75ClFN7O. The van der Waals surface area contributed by atoms with Crippen molar-refractivity contribution in [1.82, 2.24) is 19.6 Å². The summed E-state index contributed by atoms with van der Waals surface area (Å²) in [5, 5.41) is 19.3. The number of hydrogen-bond donors (Lipinski definition) is 0. The Kier molecular flexibility index (Phi) is 14.3. The van der Waals surface area contributed by atoms with Crippen LogP contribution >= 0.6 is 11.6 Å². The topological polar surface area (TPSA) is 73.0 Å². The molecule has 0 amide bonds. The maximum Gasteiger partial charge on any atom is 0.127 e. The van der Waals surface area contributed by atoms with Gasteiger partial charge in [-0.05, 0) is 217 Å². The molecule has 71 heavy (non-hydrogen) atoms. The van der Waals surface area contributed by atoms with Crippen molar-refractivity contribution in [3.8, 4) is 17.9 Å². The van der Waals surface area contributed by atoms with Crippen molar-refractivity contribution in [1.29, 1.82) is 10.5 Å². The third kappa shape index (κ3) is 9.53. The number of ether oxygens (including phenoxy) is 1. The molecule has 4 atom stereocenters. The number of nitriles is 2. The van der Waals surface area contributed by atoms with Gasteiger partial charge >= 0.3 is 0 Å². The second-order valence-electron chi connectivity index (χ2n) is 23.4. The van der Waals surface area contributed by atoms with Gasteiger partial charge in [0.1, 0.15) is 11.6 Å². The Morgan fingerprint density at radius 2 is 1.28 bits per heavy atom. The molecule has 5 fully saturated rings. The van der Waals surface area contributed by atoms with Gasteiger partial charge < -0.3 is 29.2 Å². The molecule has 0 bridgehead atoms. The summed E-state index contributed by atoms with van der Waals surface area (Å²) < 4.78 is 23.9. The molecule has 0 spiro atoms. The molecule has 2 saturated carbocycles. The van der Waals surface area contributed by atoms with Gasteiger partial charge in [-0.25, -0.2) is 4.39 Å². The molecule has 7 aliphatic rings. The van der Waals surface area contributed by atoms with Crippen LogP contribution in [0.25, 0.3) is 0 Å². The first kappa shape index (κ1) is 48.8. The summed E-state index contributed by atoms with van der Waals surface area (Å²) >= 11 is 7.41. The maximum absolute atomic E-state index is 17.8. The number of halogens is 2. The maximum atomic E-state index is 17.8. The summed E-state index contributed by atoms with van der Waals surface area (Å²) in [5.41, 5.74) is 8.83. The van der Waals surface area contributed by atoms with Crippen LogP contribution < -0.4 is 9.64 Å². The third-order valence-corrected chi connectivity index (χ3v) is 19.5. The number of hydrogen-bond acceptors (Lipinski definition) is 8. The molecule has 374 valence electrons. The van der Waals surface area contributed by atoms with Gasteiger partial charge in [-0.15, -0.1) is 0 Å². The van der Waals surface area contributed by atoms with Crippen molar-refractivity contribution >= 4 is 17.3 Å². The smallest absolute Gasteiger partial charge is 0.127 e. The number of piperidine rings is 2. The van der Waals surface area contributed by atoms with E-state index >= 15 is 4.39 Å². The van der Waals surface area contributed by atoms with Crippen LogP contribution in [0.5, 0.6) is 5.75 Å². The van der Waals surface area contributed by atoms with Gasteiger partial charge in [-0.1, -0.05) is 42.6 Å². The second-order valence-corrected chi connectivity index (χ2v) is 23.8. The van der Waals surface area contributed by atoms with Gasteiger partial charge in [0.15, 0.2) is 0 Å². The van der Waals surface area contributed by atoms with Gasteiger partial charge in [0, 0.05) is 85.4 Å². The van der Waals surface area contributed by atoms with E-state index in [-0.39, 0.29) is 16.6 Å². The van der Waals surface area contributed by atoms with E-state index in [9.17, 15) is 5.26 Å². The van der Waals surface area contributed by atoms with Gasteiger partial charge in [0.25, 0.3) is 0 Å². The highest BCUT2D eigenvalue weighted by Crippen LogP contribution is 2.59. The van der Waals surface area contributed by atoms with E-state index < -0.39 is 0 Å². The predicted octanol–water partition coefficient (Wildman–Crippen LogP) is 11.4. The Morgan fingerprint density at radius 3 is 1.94 bits per heavy atom. The first-order valence-electron chi connectivity index (χ1n) is 27.4. The zero-order valence-corrected chi connectivity index (χ0v) is 43.2. The largest absolute Gasteiger partial charge is 0.494 e. The van der Waals surface area contributed by atoms with Crippen LogP contribution in [-0.2, 0) is 23.9 Å². The number of likely N-dealkylation sites (tertiary alicyclic amines) is 2. The third-order valence-electron chi connectivity index (χ3n) is 19.2. The minimum absolute atomic E-state index is 0.0529. The molecule has 4 aromatic carbocycles. The monoisotopic (exact) mass is 976 g/mol. The highest BCUT2D eigenvalue weighted by molar-refractivity contribution is 6.31. The lowest BCUT2D eigenvalue weighted by molar-refractivity contribution is 0.0393. The zero-order valence-electron chi connectivity index (χ0n) is 42.4. The Morgan fingerprint density at radius 1 is 0.676 bits per heavy atom. The Balaban J connectivity index is 0.794. The van der Waals surface area contributed by atoms with E-state index in [2.05, 4.69) is 93.2 Å². The lowest BCUT2D eigenvalue weighted by atomic mass is 9.56. The van der Waals surface area contributed by atoms with Crippen molar-refractivity contribution in [2.45, 2.75) is 107 Å². The average molecular weight is 977 g/mol. The molecule has 0 radical (unpaired) electrons. The summed E-state index contributed by atoms with van der Waals surface area (Å²) in [4.78, 5) is 12.9. The molecular weight excluding hydrogens is 901 g/mol. The van der Waals surface area contributed by atoms with Crippen LogP contribution in [0.15, 0.2) is 78.9 Å². The molecule has 4 aromatic rings. The SMILES string of the molecule is CN1Cc2cc(C3CCC(C4(C5CCN(CCCOc6ccc(C#N)cc6)CC5)CN(C)Cc5cccc(Cl)c54)C3)cc(F)c2C(C2CCCC2)(C2CCN(CC3CN(c4ccc(C#N)cc4)C3)CC2)C1. The molecule has 0 aromatic heterocycles. The molecule has 3 saturated heterocycles. The Bertz CT molecular complexity index is 2580. The standard InChI is InChI=1S/C61H75ClFN7O/c1-66-39-47-7-5-10-56(62)58(47)61(42-66,52-21-26-68(27-22-52)25-6-30-71-55-19-13-44(35-65)14-20-55)53-16-15-46(32-53)48-31-49-40-67(2)41-60(50-8-3-4-9-50,59(49)57(63)33-48)51-23-28-69(29-24-51)36-45-37-70(38-45)54-17-11-43(34-64)12-18-54/h5,7,10-14,17-20,31,33,45-46,50-53H,3-4,6,8-9,15-16,21-30,32,36-42H2,1-2H3. The predicted molar refractivity (Wildman–Crippen MR) is 282 cm³/mol.